The molecule has 2 aromatic rings. The first-order chi connectivity index (χ1) is 21.8. The average Bonchev–Trinajstić information content (AvgIpc) is 3.48. The summed E-state index contributed by atoms with van der Waals surface area (Å²) in [4.78, 5) is 32.9. The van der Waals surface area contributed by atoms with E-state index in [-0.39, 0.29) is 36.2 Å². The Morgan fingerprint density at radius 2 is 1.61 bits per heavy atom. The predicted octanol–water partition coefficient (Wildman–Crippen LogP) is 6.40. The summed E-state index contributed by atoms with van der Waals surface area (Å²) in [7, 11) is 4.50. The molecule has 0 aliphatic carbocycles. The second-order valence-corrected chi connectivity index (χ2v) is 13.0. The van der Waals surface area contributed by atoms with Crippen molar-refractivity contribution in [1.82, 2.24) is 14.7 Å². The largest absolute Gasteiger partial charge is 0.493 e. The number of nitrogens with zero attached hydrogens (tertiary/aromatic N) is 3. The Kier molecular flexibility index (Phi) is 11.5. The molecular formula is C35H47F2N3O6. The van der Waals surface area contributed by atoms with Crippen LogP contribution >= 0.6 is 0 Å². The molecule has 0 aromatic heterocycles. The summed E-state index contributed by atoms with van der Waals surface area (Å²) in [6, 6.07) is 7.09. The van der Waals surface area contributed by atoms with Gasteiger partial charge in [0.15, 0.2) is 11.5 Å². The molecule has 9 nitrogen and oxygen atoms in total. The fraction of sp³-hybridized carbons (Fsp3) is 0.543. The second kappa shape index (κ2) is 15.2. The fourth-order valence-corrected chi connectivity index (χ4v) is 6.33. The van der Waals surface area contributed by atoms with Crippen molar-refractivity contribution in [1.29, 1.82) is 0 Å². The third kappa shape index (κ3) is 8.69. The van der Waals surface area contributed by atoms with Gasteiger partial charge in [0.05, 0.1) is 21.3 Å². The lowest BCUT2D eigenvalue weighted by molar-refractivity contribution is 0.0123. The van der Waals surface area contributed by atoms with Gasteiger partial charge in [0.25, 0.3) is 5.91 Å². The van der Waals surface area contributed by atoms with Crippen molar-refractivity contribution in [3.05, 3.63) is 58.7 Å². The Hall–Kier alpha value is -3.86. The first kappa shape index (κ1) is 35.0. The van der Waals surface area contributed by atoms with Crippen LogP contribution in [0.4, 0.5) is 13.6 Å². The molecule has 2 aliphatic heterocycles. The summed E-state index contributed by atoms with van der Waals surface area (Å²) in [5.74, 6) is -0.435. The van der Waals surface area contributed by atoms with E-state index in [4.69, 9.17) is 18.9 Å². The molecule has 11 heteroatoms. The zero-order chi connectivity index (χ0) is 33.6. The SMILES string of the molecule is COc1cc(C(=O)N(CC(C)=Cc2ccc(F)cc2F)CC2CCCN2C2CCN(C(=O)OC(C)(C)C)CC2)cc(OC)c1OC. The van der Waals surface area contributed by atoms with Gasteiger partial charge in [-0.25, -0.2) is 13.6 Å². The highest BCUT2D eigenvalue weighted by Crippen LogP contribution is 2.39. The maximum absolute atomic E-state index is 14.5. The van der Waals surface area contributed by atoms with E-state index in [0.29, 0.717) is 42.4 Å². The maximum atomic E-state index is 14.5. The topological polar surface area (TPSA) is 80.8 Å². The quantitative estimate of drug-likeness (QED) is 0.297. The van der Waals surface area contributed by atoms with Crippen LogP contribution in [0.1, 0.15) is 69.3 Å². The van der Waals surface area contributed by atoms with Crippen molar-refractivity contribution in [3.8, 4) is 17.2 Å². The van der Waals surface area contributed by atoms with Gasteiger partial charge in [-0.1, -0.05) is 11.6 Å². The molecule has 1 atom stereocenters. The van der Waals surface area contributed by atoms with Gasteiger partial charge in [-0.05, 0) is 84.2 Å². The number of ether oxygens (including phenoxy) is 4. The molecular weight excluding hydrogens is 596 g/mol. The molecule has 2 saturated heterocycles. The summed E-state index contributed by atoms with van der Waals surface area (Å²) >= 11 is 0. The van der Waals surface area contributed by atoms with E-state index in [1.54, 1.807) is 28.0 Å². The van der Waals surface area contributed by atoms with Gasteiger partial charge in [-0.15, -0.1) is 0 Å². The Balaban J connectivity index is 1.57. The van der Waals surface area contributed by atoms with Crippen LogP contribution in [0.15, 0.2) is 35.9 Å². The minimum absolute atomic E-state index is 0.0967. The number of likely N-dealkylation sites (tertiary alicyclic amines) is 2. The summed E-state index contributed by atoms with van der Waals surface area (Å²) in [5, 5.41) is 0. The van der Waals surface area contributed by atoms with Crippen molar-refractivity contribution >= 4 is 18.1 Å². The van der Waals surface area contributed by atoms with E-state index in [1.165, 1.54) is 33.5 Å². The van der Waals surface area contributed by atoms with Crippen LogP contribution < -0.4 is 14.2 Å². The molecule has 46 heavy (non-hydrogen) atoms. The van der Waals surface area contributed by atoms with E-state index in [2.05, 4.69) is 4.90 Å². The van der Waals surface area contributed by atoms with Gasteiger partial charge in [-0.2, -0.15) is 0 Å². The zero-order valence-electron chi connectivity index (χ0n) is 28.0. The van der Waals surface area contributed by atoms with Crippen molar-refractivity contribution in [2.45, 2.75) is 71.1 Å². The molecule has 2 aliphatic rings. The van der Waals surface area contributed by atoms with Crippen LogP contribution in [-0.2, 0) is 4.74 Å². The summed E-state index contributed by atoms with van der Waals surface area (Å²) < 4.78 is 50.1. The highest BCUT2D eigenvalue weighted by atomic mass is 19.1. The van der Waals surface area contributed by atoms with E-state index in [0.717, 1.165) is 43.9 Å². The number of carbonyl (C=O) groups is 2. The smallest absolute Gasteiger partial charge is 0.410 e. The van der Waals surface area contributed by atoms with Crippen LogP contribution in [0.3, 0.4) is 0 Å². The van der Waals surface area contributed by atoms with Crippen LogP contribution in [0, 0.1) is 11.6 Å². The van der Waals surface area contributed by atoms with E-state index >= 15 is 0 Å². The van der Waals surface area contributed by atoms with Crippen molar-refractivity contribution in [2.24, 2.45) is 0 Å². The Bertz CT molecular complexity index is 1390. The second-order valence-electron chi connectivity index (χ2n) is 13.0. The number of piperidine rings is 1. The Labute approximate surface area is 271 Å². The number of carbonyl (C=O) groups excluding carboxylic acids is 2. The molecule has 1 unspecified atom stereocenters. The molecule has 252 valence electrons. The first-order valence-corrected chi connectivity index (χ1v) is 15.8. The maximum Gasteiger partial charge on any atom is 0.410 e. The number of halogens is 2. The Morgan fingerprint density at radius 1 is 0.957 bits per heavy atom. The normalized spacial score (nSPS) is 18.0. The number of hydrogen-bond acceptors (Lipinski definition) is 7. The molecule has 2 amide bonds. The lowest BCUT2D eigenvalue weighted by Crippen LogP contribution is -2.52. The van der Waals surface area contributed by atoms with Crippen LogP contribution in [0.25, 0.3) is 6.08 Å². The molecule has 0 saturated carbocycles. The predicted molar refractivity (Wildman–Crippen MR) is 173 cm³/mol. The Morgan fingerprint density at radius 3 is 2.17 bits per heavy atom. The van der Waals surface area contributed by atoms with Gasteiger partial charge in [-0.3, -0.25) is 9.69 Å². The van der Waals surface area contributed by atoms with Crippen molar-refractivity contribution < 1.29 is 37.3 Å². The third-order valence-electron chi connectivity index (χ3n) is 8.44. The van der Waals surface area contributed by atoms with Gasteiger partial charge < -0.3 is 28.7 Å². The first-order valence-electron chi connectivity index (χ1n) is 15.8. The molecule has 0 radical (unpaired) electrons. The number of amides is 2. The van der Waals surface area contributed by atoms with Crippen LogP contribution in [0.2, 0.25) is 0 Å². The van der Waals surface area contributed by atoms with E-state index in [1.807, 2.05) is 27.7 Å². The number of hydrogen-bond donors (Lipinski definition) is 0. The monoisotopic (exact) mass is 643 g/mol. The minimum atomic E-state index is -0.665. The average molecular weight is 644 g/mol. The van der Waals surface area contributed by atoms with Crippen molar-refractivity contribution in [2.75, 3.05) is 54.1 Å². The van der Waals surface area contributed by atoms with Crippen LogP contribution in [-0.4, -0.2) is 98.4 Å². The highest BCUT2D eigenvalue weighted by molar-refractivity contribution is 5.96. The molecule has 2 heterocycles. The van der Waals surface area contributed by atoms with Crippen molar-refractivity contribution in [3.63, 3.8) is 0 Å². The highest BCUT2D eigenvalue weighted by Gasteiger charge is 2.36. The van der Waals surface area contributed by atoms with Gasteiger partial charge >= 0.3 is 6.09 Å². The zero-order valence-corrected chi connectivity index (χ0v) is 28.0. The van der Waals surface area contributed by atoms with E-state index in [9.17, 15) is 18.4 Å². The molecule has 2 aromatic carbocycles. The van der Waals surface area contributed by atoms with Crippen LogP contribution in [0.5, 0.6) is 17.2 Å². The lowest BCUT2D eigenvalue weighted by Gasteiger charge is -2.40. The molecule has 0 bridgehead atoms. The standard InChI is InChI=1S/C35H47F2N3O6/c1-23(17-24-10-11-26(36)20-29(24)37)21-39(33(41)25-18-30(43-5)32(45-7)31(19-25)44-6)22-28-9-8-14-40(28)27-12-15-38(16-13-27)34(42)46-35(2,3)4/h10-11,17-20,27-28H,8-9,12-16,21-22H2,1-7H3. The molecule has 2 fully saturated rings. The summed E-state index contributed by atoms with van der Waals surface area (Å²) in [6.07, 6.45) is 4.91. The minimum Gasteiger partial charge on any atom is -0.493 e. The molecule has 0 N–H and O–H groups in total. The summed E-state index contributed by atoms with van der Waals surface area (Å²) in [6.45, 7) is 10.2. The van der Waals surface area contributed by atoms with Gasteiger partial charge in [0.2, 0.25) is 5.75 Å². The number of benzene rings is 2. The molecule has 4 rings (SSSR count). The van der Waals surface area contributed by atoms with Gasteiger partial charge in [0.1, 0.15) is 17.2 Å². The lowest BCUT2D eigenvalue weighted by atomic mass is 10.0. The molecule has 0 spiro atoms. The fourth-order valence-electron chi connectivity index (χ4n) is 6.33. The summed E-state index contributed by atoms with van der Waals surface area (Å²) in [5.41, 5.74) is 0.807. The van der Waals surface area contributed by atoms with Gasteiger partial charge in [0, 0.05) is 55.5 Å². The number of rotatable bonds is 10. The number of methoxy groups -OCH3 is 3. The third-order valence-corrected chi connectivity index (χ3v) is 8.44. The van der Waals surface area contributed by atoms with E-state index < -0.39 is 17.2 Å².